The SMILES string of the molecule is CCc1ccc(C[NH+](C)CC(=O)NCCNc2ccc([N+](=O)[O-])cc2)cc1. The Morgan fingerprint density at radius 1 is 1.04 bits per heavy atom. The van der Waals surface area contributed by atoms with Crippen molar-refractivity contribution in [2.45, 2.75) is 19.9 Å². The van der Waals surface area contributed by atoms with Crippen LogP contribution in [0, 0.1) is 10.1 Å². The molecule has 144 valence electrons. The van der Waals surface area contributed by atoms with E-state index in [-0.39, 0.29) is 11.6 Å². The molecule has 0 aromatic heterocycles. The van der Waals surface area contributed by atoms with E-state index in [1.165, 1.54) is 23.3 Å². The number of aryl methyl sites for hydroxylation is 1. The lowest BCUT2D eigenvalue weighted by Gasteiger charge is -2.14. The Morgan fingerprint density at radius 3 is 2.26 bits per heavy atom. The van der Waals surface area contributed by atoms with Crippen LogP contribution in [0.4, 0.5) is 11.4 Å². The van der Waals surface area contributed by atoms with Gasteiger partial charge in [0.25, 0.3) is 11.6 Å². The van der Waals surface area contributed by atoms with Gasteiger partial charge in [0.05, 0.1) is 12.0 Å². The van der Waals surface area contributed by atoms with Crippen molar-refractivity contribution in [2.24, 2.45) is 0 Å². The fourth-order valence-electron chi connectivity index (χ4n) is 2.75. The summed E-state index contributed by atoms with van der Waals surface area (Å²) < 4.78 is 0. The second-order valence-corrected chi connectivity index (χ2v) is 6.56. The van der Waals surface area contributed by atoms with Crippen LogP contribution in [0.25, 0.3) is 0 Å². The van der Waals surface area contributed by atoms with Crippen LogP contribution in [0.5, 0.6) is 0 Å². The zero-order valence-corrected chi connectivity index (χ0v) is 15.8. The van der Waals surface area contributed by atoms with Crippen molar-refractivity contribution >= 4 is 17.3 Å². The van der Waals surface area contributed by atoms with Gasteiger partial charge in [0.1, 0.15) is 6.54 Å². The number of nitro benzene ring substituents is 1. The van der Waals surface area contributed by atoms with Gasteiger partial charge in [-0.25, -0.2) is 0 Å². The standard InChI is InChI=1S/C20H26N4O3/c1-3-16-4-6-17(7-5-16)14-23(2)15-20(25)22-13-12-21-18-8-10-19(11-9-18)24(26)27/h4-11,21H,3,12-15H2,1-2H3,(H,22,25)/p+1. The molecule has 2 aromatic rings. The van der Waals surface area contributed by atoms with Gasteiger partial charge in [0, 0.05) is 36.5 Å². The zero-order chi connectivity index (χ0) is 19.6. The molecule has 2 aromatic carbocycles. The summed E-state index contributed by atoms with van der Waals surface area (Å²) in [5, 5.41) is 16.6. The summed E-state index contributed by atoms with van der Waals surface area (Å²) in [6.45, 7) is 4.40. The molecule has 0 radical (unpaired) electrons. The number of non-ortho nitro benzene ring substituents is 1. The third kappa shape index (κ3) is 7.07. The summed E-state index contributed by atoms with van der Waals surface area (Å²) in [6, 6.07) is 14.7. The molecule has 1 atom stereocenters. The highest BCUT2D eigenvalue weighted by molar-refractivity contribution is 5.76. The molecule has 0 aliphatic heterocycles. The molecular formula is C20H27N4O3+. The largest absolute Gasteiger partial charge is 0.383 e. The Balaban J connectivity index is 1.65. The molecule has 0 bridgehead atoms. The highest BCUT2D eigenvalue weighted by atomic mass is 16.6. The Bertz CT molecular complexity index is 745. The van der Waals surface area contributed by atoms with Crippen LogP contribution in [0.15, 0.2) is 48.5 Å². The molecule has 0 heterocycles. The molecule has 7 nitrogen and oxygen atoms in total. The molecule has 0 aliphatic carbocycles. The number of carbonyl (C=O) groups excluding carboxylic acids is 1. The quantitative estimate of drug-likeness (QED) is 0.335. The van der Waals surface area contributed by atoms with Crippen molar-refractivity contribution in [2.75, 3.05) is 32.0 Å². The Kier molecular flexibility index (Phi) is 7.76. The van der Waals surface area contributed by atoms with Gasteiger partial charge in [0.2, 0.25) is 0 Å². The third-order valence-corrected chi connectivity index (χ3v) is 4.25. The Hall–Kier alpha value is -2.93. The summed E-state index contributed by atoms with van der Waals surface area (Å²) in [5.74, 6) is 0.00294. The average Bonchev–Trinajstić information content (AvgIpc) is 2.66. The van der Waals surface area contributed by atoms with Crippen LogP contribution in [-0.4, -0.2) is 37.5 Å². The van der Waals surface area contributed by atoms with Crippen molar-refractivity contribution in [1.29, 1.82) is 0 Å². The molecule has 0 spiro atoms. The van der Waals surface area contributed by atoms with E-state index in [0.717, 1.165) is 23.6 Å². The normalized spacial score (nSPS) is 11.6. The smallest absolute Gasteiger partial charge is 0.275 e. The number of rotatable bonds is 10. The van der Waals surface area contributed by atoms with Gasteiger partial charge in [-0.05, 0) is 24.1 Å². The predicted molar refractivity (Wildman–Crippen MR) is 106 cm³/mol. The highest BCUT2D eigenvalue weighted by Crippen LogP contribution is 2.14. The predicted octanol–water partition coefficient (Wildman–Crippen LogP) is 1.40. The van der Waals surface area contributed by atoms with Crippen molar-refractivity contribution < 1.29 is 14.6 Å². The minimum atomic E-state index is -0.430. The van der Waals surface area contributed by atoms with Gasteiger partial charge in [-0.2, -0.15) is 0 Å². The van der Waals surface area contributed by atoms with Gasteiger partial charge < -0.3 is 15.5 Å². The van der Waals surface area contributed by atoms with Gasteiger partial charge in [-0.1, -0.05) is 31.2 Å². The van der Waals surface area contributed by atoms with E-state index in [1.54, 1.807) is 12.1 Å². The molecular weight excluding hydrogens is 344 g/mol. The number of carbonyl (C=O) groups is 1. The highest BCUT2D eigenvalue weighted by Gasteiger charge is 2.10. The number of nitrogens with one attached hydrogen (secondary N) is 3. The molecule has 2 rings (SSSR count). The maximum Gasteiger partial charge on any atom is 0.275 e. The molecule has 7 heteroatoms. The molecule has 0 saturated carbocycles. The number of amides is 1. The first-order valence-corrected chi connectivity index (χ1v) is 9.12. The second kappa shape index (κ2) is 10.3. The van der Waals surface area contributed by atoms with Crippen LogP contribution in [0.2, 0.25) is 0 Å². The Morgan fingerprint density at radius 2 is 1.67 bits per heavy atom. The maximum atomic E-state index is 12.0. The van der Waals surface area contributed by atoms with E-state index in [1.807, 2.05) is 7.05 Å². The fraction of sp³-hybridized carbons (Fsp3) is 0.350. The van der Waals surface area contributed by atoms with Crippen LogP contribution in [0.1, 0.15) is 18.1 Å². The molecule has 0 fully saturated rings. The first-order chi connectivity index (χ1) is 13.0. The van der Waals surface area contributed by atoms with E-state index in [4.69, 9.17) is 0 Å². The molecule has 1 amide bonds. The molecule has 27 heavy (non-hydrogen) atoms. The number of hydrogen-bond acceptors (Lipinski definition) is 4. The van der Waals surface area contributed by atoms with Gasteiger partial charge in [-0.15, -0.1) is 0 Å². The summed E-state index contributed by atoms with van der Waals surface area (Å²) in [7, 11) is 2.00. The van der Waals surface area contributed by atoms with E-state index in [2.05, 4.69) is 41.8 Å². The summed E-state index contributed by atoms with van der Waals surface area (Å²) >= 11 is 0. The minimum Gasteiger partial charge on any atom is -0.383 e. The maximum absolute atomic E-state index is 12.0. The zero-order valence-electron chi connectivity index (χ0n) is 15.8. The number of likely N-dealkylation sites (N-methyl/N-ethyl adjacent to an activating group) is 1. The summed E-state index contributed by atoms with van der Waals surface area (Å²) in [5.41, 5.74) is 3.38. The first-order valence-electron chi connectivity index (χ1n) is 9.12. The number of quaternary nitrogens is 1. The first kappa shape index (κ1) is 20.4. The second-order valence-electron chi connectivity index (χ2n) is 6.56. The lowest BCUT2D eigenvalue weighted by atomic mass is 10.1. The fourth-order valence-corrected chi connectivity index (χ4v) is 2.75. The number of anilines is 1. The van der Waals surface area contributed by atoms with Gasteiger partial charge >= 0.3 is 0 Å². The van der Waals surface area contributed by atoms with Crippen molar-refractivity contribution in [3.63, 3.8) is 0 Å². The number of nitrogens with zero attached hydrogens (tertiary/aromatic N) is 1. The van der Waals surface area contributed by atoms with Crippen molar-refractivity contribution in [3.8, 4) is 0 Å². The molecule has 0 saturated heterocycles. The van der Waals surface area contributed by atoms with Crippen molar-refractivity contribution in [1.82, 2.24) is 5.32 Å². The van der Waals surface area contributed by atoms with E-state index >= 15 is 0 Å². The number of hydrogen-bond donors (Lipinski definition) is 3. The molecule has 0 aliphatic rings. The minimum absolute atomic E-state index is 0.00294. The molecule has 1 unspecified atom stereocenters. The van der Waals surface area contributed by atoms with Crippen LogP contribution in [-0.2, 0) is 17.8 Å². The van der Waals surface area contributed by atoms with Crippen LogP contribution >= 0.6 is 0 Å². The van der Waals surface area contributed by atoms with E-state index in [9.17, 15) is 14.9 Å². The van der Waals surface area contributed by atoms with Crippen LogP contribution < -0.4 is 15.5 Å². The monoisotopic (exact) mass is 371 g/mol. The Labute approximate surface area is 159 Å². The number of benzene rings is 2. The van der Waals surface area contributed by atoms with Crippen molar-refractivity contribution in [3.05, 3.63) is 69.8 Å². The lowest BCUT2D eigenvalue weighted by Crippen LogP contribution is -3.08. The van der Waals surface area contributed by atoms with Gasteiger partial charge in [0.15, 0.2) is 6.54 Å². The van der Waals surface area contributed by atoms with Gasteiger partial charge in [-0.3, -0.25) is 14.9 Å². The number of nitro groups is 1. The third-order valence-electron chi connectivity index (χ3n) is 4.25. The summed E-state index contributed by atoms with van der Waals surface area (Å²) in [6.07, 6.45) is 1.03. The molecule has 3 N–H and O–H groups in total. The van der Waals surface area contributed by atoms with Crippen LogP contribution in [0.3, 0.4) is 0 Å². The topological polar surface area (TPSA) is 88.7 Å². The summed E-state index contributed by atoms with van der Waals surface area (Å²) in [4.78, 5) is 23.4. The lowest BCUT2D eigenvalue weighted by molar-refractivity contribution is -0.885. The average molecular weight is 371 g/mol. The van der Waals surface area contributed by atoms with E-state index in [0.29, 0.717) is 19.6 Å². The van der Waals surface area contributed by atoms with E-state index < -0.39 is 4.92 Å².